The average molecular weight is 248 g/mol. The van der Waals surface area contributed by atoms with Gasteiger partial charge in [-0.05, 0) is 43.2 Å². The van der Waals surface area contributed by atoms with E-state index in [2.05, 4.69) is 18.0 Å². The first-order valence-corrected chi connectivity index (χ1v) is 7.01. The van der Waals surface area contributed by atoms with Gasteiger partial charge in [0.1, 0.15) is 0 Å². The number of nitrogens with two attached hydrogens (primary N) is 1. The summed E-state index contributed by atoms with van der Waals surface area (Å²) in [5.41, 5.74) is 6.98. The Balaban J connectivity index is 1.89. The van der Waals surface area contributed by atoms with E-state index in [4.69, 9.17) is 10.5 Å². The third-order valence-electron chi connectivity index (χ3n) is 4.23. The van der Waals surface area contributed by atoms with E-state index in [1.807, 2.05) is 12.3 Å². The summed E-state index contributed by atoms with van der Waals surface area (Å²) in [4.78, 5) is 4.11. The largest absolute Gasteiger partial charge is 0.369 e. The van der Waals surface area contributed by atoms with Crippen LogP contribution >= 0.6 is 0 Å². The third kappa shape index (κ3) is 3.30. The lowest BCUT2D eigenvalue weighted by Gasteiger charge is -2.39. The van der Waals surface area contributed by atoms with Gasteiger partial charge < -0.3 is 10.5 Å². The average Bonchev–Trinajstić information content (AvgIpc) is 2.47. The van der Waals surface area contributed by atoms with Gasteiger partial charge in [-0.3, -0.25) is 4.98 Å². The van der Waals surface area contributed by atoms with Crippen molar-refractivity contribution in [2.24, 2.45) is 11.7 Å². The molecule has 2 rings (SSSR count). The lowest BCUT2D eigenvalue weighted by atomic mass is 9.77. The Labute approximate surface area is 110 Å². The molecule has 0 atom stereocenters. The number of hydrogen-bond donors (Lipinski definition) is 1. The molecule has 3 heteroatoms. The molecule has 0 aliphatic heterocycles. The molecule has 1 aliphatic rings. The second kappa shape index (κ2) is 6.30. The molecule has 3 nitrogen and oxygen atoms in total. The smallest absolute Gasteiger partial charge is 0.0808 e. The zero-order valence-corrected chi connectivity index (χ0v) is 11.3. The van der Waals surface area contributed by atoms with Gasteiger partial charge in [-0.1, -0.05) is 19.4 Å². The number of nitrogens with zero attached hydrogens (tertiary/aromatic N) is 1. The number of ether oxygens (including phenoxy) is 1. The summed E-state index contributed by atoms with van der Waals surface area (Å²) in [5.74, 6) is 0.867. The van der Waals surface area contributed by atoms with Crippen molar-refractivity contribution in [2.45, 2.75) is 51.2 Å². The summed E-state index contributed by atoms with van der Waals surface area (Å²) in [6, 6.07) is 4.00. The maximum Gasteiger partial charge on any atom is 0.0808 e. The molecule has 0 saturated heterocycles. The molecular weight excluding hydrogens is 224 g/mol. The molecule has 18 heavy (non-hydrogen) atoms. The molecule has 1 saturated carbocycles. The quantitative estimate of drug-likeness (QED) is 0.871. The molecule has 0 aromatic carbocycles. The maximum absolute atomic E-state index is 6.13. The molecule has 0 unspecified atom stereocenters. The van der Waals surface area contributed by atoms with Crippen LogP contribution in [0.15, 0.2) is 24.5 Å². The summed E-state index contributed by atoms with van der Waals surface area (Å²) >= 11 is 0. The molecule has 1 fully saturated rings. The second-order valence-corrected chi connectivity index (χ2v) is 5.39. The predicted molar refractivity (Wildman–Crippen MR) is 73.1 cm³/mol. The van der Waals surface area contributed by atoms with Crippen molar-refractivity contribution in [1.82, 2.24) is 4.98 Å². The van der Waals surface area contributed by atoms with Gasteiger partial charge in [-0.15, -0.1) is 0 Å². The van der Waals surface area contributed by atoms with E-state index in [0.29, 0.717) is 13.2 Å². The highest BCUT2D eigenvalue weighted by molar-refractivity contribution is 5.07. The molecule has 2 N–H and O–H groups in total. The Morgan fingerprint density at radius 3 is 2.78 bits per heavy atom. The molecule has 1 aromatic rings. The van der Waals surface area contributed by atoms with Gasteiger partial charge in [0.15, 0.2) is 0 Å². The Morgan fingerprint density at radius 1 is 1.44 bits per heavy atom. The van der Waals surface area contributed by atoms with Crippen LogP contribution in [0.5, 0.6) is 0 Å². The van der Waals surface area contributed by atoms with Crippen LogP contribution < -0.4 is 5.73 Å². The lowest BCUT2D eigenvalue weighted by Crippen LogP contribution is -2.43. The first kappa shape index (κ1) is 13.5. The normalized spacial score (nSPS) is 28.2. The Morgan fingerprint density at radius 2 is 2.22 bits per heavy atom. The molecule has 1 aliphatic carbocycles. The van der Waals surface area contributed by atoms with E-state index in [9.17, 15) is 0 Å². The summed E-state index contributed by atoms with van der Waals surface area (Å²) in [7, 11) is 0. The highest BCUT2D eigenvalue weighted by atomic mass is 16.5. The topological polar surface area (TPSA) is 48.1 Å². The van der Waals surface area contributed by atoms with Gasteiger partial charge >= 0.3 is 0 Å². The van der Waals surface area contributed by atoms with Gasteiger partial charge in [-0.25, -0.2) is 0 Å². The van der Waals surface area contributed by atoms with Crippen molar-refractivity contribution in [1.29, 1.82) is 0 Å². The van der Waals surface area contributed by atoms with E-state index < -0.39 is 0 Å². The molecule has 0 amide bonds. The highest BCUT2D eigenvalue weighted by Crippen LogP contribution is 2.36. The molecule has 0 radical (unpaired) electrons. The van der Waals surface area contributed by atoms with Crippen LogP contribution in [-0.2, 0) is 11.3 Å². The fourth-order valence-corrected chi connectivity index (χ4v) is 2.74. The van der Waals surface area contributed by atoms with Crippen LogP contribution in [0.2, 0.25) is 0 Å². The van der Waals surface area contributed by atoms with E-state index in [-0.39, 0.29) is 5.60 Å². The minimum Gasteiger partial charge on any atom is -0.369 e. The van der Waals surface area contributed by atoms with E-state index in [0.717, 1.165) is 24.3 Å². The number of rotatable bonds is 5. The zero-order valence-electron chi connectivity index (χ0n) is 11.3. The third-order valence-corrected chi connectivity index (χ3v) is 4.23. The molecule has 100 valence electrons. The van der Waals surface area contributed by atoms with E-state index in [1.165, 1.54) is 19.3 Å². The highest BCUT2D eigenvalue weighted by Gasteiger charge is 2.34. The minimum atomic E-state index is -0.0957. The molecular formula is C15H24N2O. The van der Waals surface area contributed by atoms with Crippen LogP contribution in [0.1, 0.15) is 44.6 Å². The second-order valence-electron chi connectivity index (χ2n) is 5.39. The summed E-state index contributed by atoms with van der Waals surface area (Å²) < 4.78 is 6.13. The van der Waals surface area contributed by atoms with E-state index in [1.54, 1.807) is 6.20 Å². The number of pyridine rings is 1. The Hall–Kier alpha value is -0.930. The lowest BCUT2D eigenvalue weighted by molar-refractivity contribution is -0.0813. The van der Waals surface area contributed by atoms with Crippen LogP contribution in [-0.4, -0.2) is 17.1 Å². The first-order valence-electron chi connectivity index (χ1n) is 7.01. The van der Waals surface area contributed by atoms with Crippen molar-refractivity contribution in [2.75, 3.05) is 6.54 Å². The van der Waals surface area contributed by atoms with Crippen molar-refractivity contribution >= 4 is 0 Å². The van der Waals surface area contributed by atoms with Gasteiger partial charge in [0, 0.05) is 18.9 Å². The Kier molecular flexibility index (Phi) is 4.72. The van der Waals surface area contributed by atoms with Gasteiger partial charge in [0.25, 0.3) is 0 Å². The molecule has 0 spiro atoms. The molecule has 0 bridgehead atoms. The fraction of sp³-hybridized carbons (Fsp3) is 0.667. The molecule has 1 heterocycles. The van der Waals surface area contributed by atoms with Crippen LogP contribution in [0.25, 0.3) is 0 Å². The first-order chi connectivity index (χ1) is 8.78. The molecule has 1 aromatic heterocycles. The van der Waals surface area contributed by atoms with Gasteiger partial charge in [0.05, 0.1) is 12.2 Å². The minimum absolute atomic E-state index is 0.0957. The van der Waals surface area contributed by atoms with Crippen molar-refractivity contribution < 1.29 is 4.74 Å². The van der Waals surface area contributed by atoms with Gasteiger partial charge in [0.2, 0.25) is 0 Å². The monoisotopic (exact) mass is 248 g/mol. The van der Waals surface area contributed by atoms with Crippen molar-refractivity contribution in [3.05, 3.63) is 30.1 Å². The van der Waals surface area contributed by atoms with Crippen LogP contribution in [0.3, 0.4) is 0 Å². The SMILES string of the molecule is CCC1CCC(CN)(OCc2cccnc2)CC1. The van der Waals surface area contributed by atoms with Crippen molar-refractivity contribution in [3.63, 3.8) is 0 Å². The van der Waals surface area contributed by atoms with E-state index >= 15 is 0 Å². The van der Waals surface area contributed by atoms with Gasteiger partial charge in [-0.2, -0.15) is 0 Å². The summed E-state index contributed by atoms with van der Waals surface area (Å²) in [5, 5.41) is 0. The van der Waals surface area contributed by atoms with Crippen LogP contribution in [0.4, 0.5) is 0 Å². The standard InChI is InChI=1S/C15H24N2O/c1-2-13-5-7-15(12-16,8-6-13)18-11-14-4-3-9-17-10-14/h3-4,9-10,13H,2,5-8,11-12,16H2,1H3. The number of aromatic nitrogens is 1. The van der Waals surface area contributed by atoms with Crippen LogP contribution in [0, 0.1) is 5.92 Å². The summed E-state index contributed by atoms with van der Waals surface area (Å²) in [6.07, 6.45) is 9.63. The van der Waals surface area contributed by atoms with Crippen molar-refractivity contribution in [3.8, 4) is 0 Å². The zero-order chi connectivity index (χ0) is 12.8. The number of hydrogen-bond acceptors (Lipinski definition) is 3. The predicted octanol–water partition coefficient (Wildman–Crippen LogP) is 2.90. The summed E-state index contributed by atoms with van der Waals surface area (Å²) in [6.45, 7) is 3.53. The Bertz CT molecular complexity index is 345. The maximum atomic E-state index is 6.13. The fourth-order valence-electron chi connectivity index (χ4n) is 2.74.